The van der Waals surface area contributed by atoms with Crippen LogP contribution in [0, 0.1) is 0 Å². The van der Waals surface area contributed by atoms with Crippen molar-refractivity contribution in [2.24, 2.45) is 5.16 Å². The van der Waals surface area contributed by atoms with E-state index in [1.165, 1.54) is 6.08 Å². The summed E-state index contributed by atoms with van der Waals surface area (Å²) in [6.45, 7) is 0. The Kier molecular flexibility index (Phi) is 6.10. The zero-order valence-corrected chi connectivity index (χ0v) is 11.2. The van der Waals surface area contributed by atoms with E-state index < -0.39 is 0 Å². The van der Waals surface area contributed by atoms with Crippen molar-refractivity contribution in [2.75, 3.05) is 0 Å². The van der Waals surface area contributed by atoms with Gasteiger partial charge in [0, 0.05) is 22.6 Å². The third-order valence-electron chi connectivity index (χ3n) is 1.97. The van der Waals surface area contributed by atoms with E-state index in [2.05, 4.69) is 5.16 Å². The number of hydrogen-bond donors (Lipinski definition) is 1. The number of allylic oxidation sites excluding steroid dienone is 1. The van der Waals surface area contributed by atoms with Gasteiger partial charge in [0.15, 0.2) is 5.71 Å². The SMILES string of the molecule is O=C1C(=NO)C=Cc2ccccc21.[Fe].[Na+]. The minimum atomic E-state index is -0.236. The van der Waals surface area contributed by atoms with Gasteiger partial charge in [-0.1, -0.05) is 35.5 Å². The zero-order chi connectivity index (χ0) is 9.26. The summed E-state index contributed by atoms with van der Waals surface area (Å²) >= 11 is 0. The summed E-state index contributed by atoms with van der Waals surface area (Å²) in [5.74, 6) is -0.236. The molecule has 1 N–H and O–H groups in total. The molecule has 0 saturated heterocycles. The second-order valence-corrected chi connectivity index (χ2v) is 2.73. The summed E-state index contributed by atoms with van der Waals surface area (Å²) in [6.07, 6.45) is 3.26. The topological polar surface area (TPSA) is 49.7 Å². The molecule has 1 aliphatic rings. The van der Waals surface area contributed by atoms with Gasteiger partial charge in [-0.3, -0.25) is 4.79 Å². The average molecular weight is 252 g/mol. The third-order valence-corrected chi connectivity index (χ3v) is 1.97. The fourth-order valence-electron chi connectivity index (χ4n) is 1.31. The monoisotopic (exact) mass is 252 g/mol. The van der Waals surface area contributed by atoms with E-state index in [-0.39, 0.29) is 58.1 Å². The summed E-state index contributed by atoms with van der Waals surface area (Å²) in [6, 6.07) is 7.20. The van der Waals surface area contributed by atoms with Gasteiger partial charge < -0.3 is 5.21 Å². The van der Waals surface area contributed by atoms with E-state index in [4.69, 9.17) is 5.21 Å². The van der Waals surface area contributed by atoms with Gasteiger partial charge in [-0.2, -0.15) is 0 Å². The molecule has 0 heterocycles. The number of nitrogens with zero attached hydrogens (tertiary/aromatic N) is 1. The number of oxime groups is 1. The van der Waals surface area contributed by atoms with Crippen LogP contribution in [0.25, 0.3) is 6.08 Å². The van der Waals surface area contributed by atoms with Crippen LogP contribution in [0.5, 0.6) is 0 Å². The molecular formula is C10H7FeNNaO2+. The number of carbonyl (C=O) groups excluding carboxylic acids is 1. The number of Topliss-reactive ketones (excluding diaryl/α,β-unsaturated/α-hetero) is 1. The van der Waals surface area contributed by atoms with Gasteiger partial charge in [-0.25, -0.2) is 0 Å². The molecule has 72 valence electrons. The number of rotatable bonds is 0. The molecular weight excluding hydrogens is 245 g/mol. The Hall–Kier alpha value is -0.381. The zero-order valence-electron chi connectivity index (χ0n) is 8.12. The first-order valence-electron chi connectivity index (χ1n) is 3.87. The molecule has 0 radical (unpaired) electrons. The Bertz CT molecular complexity index is 429. The summed E-state index contributed by atoms with van der Waals surface area (Å²) in [7, 11) is 0. The molecule has 0 amide bonds. The van der Waals surface area contributed by atoms with E-state index >= 15 is 0 Å². The molecule has 0 atom stereocenters. The van der Waals surface area contributed by atoms with Crippen molar-refractivity contribution >= 4 is 17.6 Å². The molecule has 15 heavy (non-hydrogen) atoms. The maximum absolute atomic E-state index is 11.5. The Morgan fingerprint density at radius 1 is 1.13 bits per heavy atom. The fourth-order valence-corrected chi connectivity index (χ4v) is 1.31. The first-order chi connectivity index (χ1) is 6.33. The maximum atomic E-state index is 11.5. The van der Waals surface area contributed by atoms with Crippen molar-refractivity contribution in [3.63, 3.8) is 0 Å². The molecule has 1 aromatic carbocycles. The molecule has 5 heteroatoms. The maximum Gasteiger partial charge on any atom is 1.00 e. The second kappa shape index (κ2) is 6.26. The Morgan fingerprint density at radius 3 is 2.47 bits per heavy atom. The van der Waals surface area contributed by atoms with Crippen molar-refractivity contribution in [1.82, 2.24) is 0 Å². The van der Waals surface area contributed by atoms with Gasteiger partial charge in [0.25, 0.3) is 0 Å². The van der Waals surface area contributed by atoms with Crippen LogP contribution in [0.1, 0.15) is 15.9 Å². The molecule has 0 unspecified atom stereocenters. The van der Waals surface area contributed by atoms with Crippen molar-refractivity contribution in [2.45, 2.75) is 0 Å². The Morgan fingerprint density at radius 2 is 1.80 bits per heavy atom. The van der Waals surface area contributed by atoms with Gasteiger partial charge in [0.1, 0.15) is 0 Å². The summed E-state index contributed by atoms with van der Waals surface area (Å²) in [4.78, 5) is 11.5. The van der Waals surface area contributed by atoms with Crippen molar-refractivity contribution in [3.05, 3.63) is 41.5 Å². The molecule has 0 saturated carbocycles. The summed E-state index contributed by atoms with van der Waals surface area (Å²) in [5.41, 5.74) is 1.52. The predicted octanol–water partition coefficient (Wildman–Crippen LogP) is -1.27. The van der Waals surface area contributed by atoms with Crippen LogP contribution in [0.3, 0.4) is 0 Å². The van der Waals surface area contributed by atoms with E-state index in [9.17, 15) is 4.79 Å². The molecule has 0 fully saturated rings. The number of carbonyl (C=O) groups is 1. The molecule has 0 aliphatic heterocycles. The Labute approximate surface area is 120 Å². The van der Waals surface area contributed by atoms with E-state index in [1.54, 1.807) is 18.2 Å². The minimum absolute atomic E-state index is 0. The van der Waals surface area contributed by atoms with Crippen LogP contribution >= 0.6 is 0 Å². The average Bonchev–Trinajstić information content (AvgIpc) is 2.19. The molecule has 0 aromatic heterocycles. The first-order valence-corrected chi connectivity index (χ1v) is 3.87. The molecule has 1 aromatic rings. The third kappa shape index (κ3) is 2.80. The van der Waals surface area contributed by atoms with Gasteiger partial charge in [-0.15, -0.1) is 0 Å². The molecule has 0 bridgehead atoms. The second-order valence-electron chi connectivity index (χ2n) is 2.73. The number of benzene rings is 1. The van der Waals surface area contributed by atoms with Crippen molar-refractivity contribution in [1.29, 1.82) is 0 Å². The first kappa shape index (κ1) is 14.6. The van der Waals surface area contributed by atoms with Gasteiger partial charge in [0.2, 0.25) is 5.78 Å². The van der Waals surface area contributed by atoms with Crippen LogP contribution < -0.4 is 29.6 Å². The minimum Gasteiger partial charge on any atom is -0.410 e. The molecule has 0 spiro atoms. The van der Waals surface area contributed by atoms with Crippen LogP contribution in [-0.4, -0.2) is 16.7 Å². The quantitative estimate of drug-likeness (QED) is 0.355. The largest absolute Gasteiger partial charge is 1.00 e. The molecule has 3 nitrogen and oxygen atoms in total. The number of hydrogen-bond acceptors (Lipinski definition) is 3. The van der Waals surface area contributed by atoms with Gasteiger partial charge in [0.05, 0.1) is 0 Å². The van der Waals surface area contributed by atoms with Gasteiger partial charge >= 0.3 is 29.6 Å². The summed E-state index contributed by atoms with van der Waals surface area (Å²) < 4.78 is 0. The van der Waals surface area contributed by atoms with Crippen molar-refractivity contribution in [3.8, 4) is 0 Å². The van der Waals surface area contributed by atoms with E-state index in [0.29, 0.717) is 5.56 Å². The summed E-state index contributed by atoms with van der Waals surface area (Å²) in [5, 5.41) is 11.4. The van der Waals surface area contributed by atoms with Crippen LogP contribution in [-0.2, 0) is 17.1 Å². The van der Waals surface area contributed by atoms with Crippen LogP contribution in [0.15, 0.2) is 35.5 Å². The van der Waals surface area contributed by atoms with E-state index in [1.807, 2.05) is 12.1 Å². The smallest absolute Gasteiger partial charge is 0.410 e. The van der Waals surface area contributed by atoms with Gasteiger partial charge in [-0.05, 0) is 11.6 Å². The molecule has 1 aliphatic carbocycles. The van der Waals surface area contributed by atoms with Crippen molar-refractivity contribution < 1.29 is 56.6 Å². The number of fused-ring (bicyclic) bond motifs is 1. The fraction of sp³-hybridized carbons (Fsp3) is 0. The Balaban J connectivity index is 0.000000980. The van der Waals surface area contributed by atoms with Crippen LogP contribution in [0.2, 0.25) is 0 Å². The standard InChI is InChI=1S/C10H7NO2.Fe.Na/c12-10-8-4-2-1-3-7(8)5-6-9(10)11-13;;/h1-6,13H;;/q;;+1. The van der Waals surface area contributed by atoms with Crippen LogP contribution in [0.4, 0.5) is 0 Å². The normalized spacial score (nSPS) is 15.2. The molecule has 2 rings (SSSR count). The number of ketones is 1. The van der Waals surface area contributed by atoms with E-state index in [0.717, 1.165) is 5.56 Å². The predicted molar refractivity (Wildman–Crippen MR) is 49.0 cm³/mol.